The second-order valence-corrected chi connectivity index (χ2v) is 5.12. The van der Waals surface area contributed by atoms with E-state index in [9.17, 15) is 10.4 Å². The number of nitrogens with zero attached hydrogens (tertiary/aromatic N) is 1. The Hall–Kier alpha value is -2.24. The van der Waals surface area contributed by atoms with Gasteiger partial charge < -0.3 is 5.11 Å². The van der Waals surface area contributed by atoms with E-state index in [1.165, 1.54) is 0 Å². The third-order valence-corrected chi connectivity index (χ3v) is 3.32. The van der Waals surface area contributed by atoms with Gasteiger partial charge in [-0.25, -0.2) is 0 Å². The van der Waals surface area contributed by atoms with Gasteiger partial charge in [-0.05, 0) is 66.4 Å². The van der Waals surface area contributed by atoms with Gasteiger partial charge in [0.1, 0.15) is 5.75 Å². The highest BCUT2D eigenvalue weighted by atomic mass is 35.5. The summed E-state index contributed by atoms with van der Waals surface area (Å²) >= 11 is 5.95. The number of phenolic OH excluding ortho intramolecular Hbond substituents is 1. The summed E-state index contributed by atoms with van der Waals surface area (Å²) in [6.07, 6.45) is 1.80. The first kappa shape index (κ1) is 14.2. The predicted octanol–water partition coefficient (Wildman–Crippen LogP) is 4.73. The molecule has 0 aliphatic heterocycles. The maximum Gasteiger partial charge on any atom is 0.121 e. The third kappa shape index (κ3) is 3.01. The van der Waals surface area contributed by atoms with Crippen LogP contribution in [0.5, 0.6) is 5.75 Å². The Morgan fingerprint density at radius 1 is 1.20 bits per heavy atom. The molecule has 0 aliphatic carbocycles. The summed E-state index contributed by atoms with van der Waals surface area (Å²) in [5, 5.41) is 19.7. The minimum Gasteiger partial charge on any atom is -0.507 e. The lowest BCUT2D eigenvalue weighted by Crippen LogP contribution is -1.86. The van der Waals surface area contributed by atoms with Crippen LogP contribution in [0.3, 0.4) is 0 Å². The molecule has 2 rings (SSSR count). The van der Waals surface area contributed by atoms with Crippen LogP contribution in [0.25, 0.3) is 11.6 Å². The van der Waals surface area contributed by atoms with Crippen LogP contribution in [-0.2, 0) is 0 Å². The Morgan fingerprint density at radius 3 is 2.40 bits per heavy atom. The van der Waals surface area contributed by atoms with Gasteiger partial charge in [0.15, 0.2) is 0 Å². The lowest BCUT2D eigenvalue weighted by molar-refractivity contribution is 0.467. The van der Waals surface area contributed by atoms with Crippen molar-refractivity contribution in [1.82, 2.24) is 0 Å². The van der Waals surface area contributed by atoms with Crippen molar-refractivity contribution in [3.8, 4) is 11.8 Å². The van der Waals surface area contributed by atoms with E-state index in [4.69, 9.17) is 11.6 Å². The van der Waals surface area contributed by atoms with E-state index in [-0.39, 0.29) is 0 Å². The molecule has 0 aliphatic rings. The van der Waals surface area contributed by atoms with E-state index < -0.39 is 0 Å². The van der Waals surface area contributed by atoms with Crippen LogP contribution >= 0.6 is 11.6 Å². The second kappa shape index (κ2) is 5.81. The number of benzene rings is 2. The molecule has 0 heterocycles. The van der Waals surface area contributed by atoms with Gasteiger partial charge in [-0.15, -0.1) is 0 Å². The average molecular weight is 284 g/mol. The van der Waals surface area contributed by atoms with Crippen LogP contribution in [0.2, 0.25) is 5.02 Å². The Kier molecular flexibility index (Phi) is 4.12. The highest BCUT2D eigenvalue weighted by Gasteiger charge is 2.05. The molecule has 2 aromatic rings. The zero-order valence-corrected chi connectivity index (χ0v) is 12.1. The van der Waals surface area contributed by atoms with Gasteiger partial charge in [0.25, 0.3) is 0 Å². The zero-order chi connectivity index (χ0) is 14.7. The smallest absolute Gasteiger partial charge is 0.121 e. The first-order valence-electron chi connectivity index (χ1n) is 6.19. The van der Waals surface area contributed by atoms with Crippen molar-refractivity contribution in [3.05, 3.63) is 63.7 Å². The molecule has 2 aromatic carbocycles. The standard InChI is InChI=1S/C17H14ClNO/c1-11-6-13(7-12(2)17(11)20)8-15(10-19)14-4-3-5-16(18)9-14/h3-9,20H,1-2H3. The van der Waals surface area contributed by atoms with Gasteiger partial charge in [0.2, 0.25) is 0 Å². The molecule has 0 aromatic heterocycles. The van der Waals surface area contributed by atoms with Gasteiger partial charge in [-0.2, -0.15) is 5.26 Å². The summed E-state index contributed by atoms with van der Waals surface area (Å²) in [6.45, 7) is 3.68. The number of phenols is 1. The van der Waals surface area contributed by atoms with Crippen LogP contribution in [0.4, 0.5) is 0 Å². The summed E-state index contributed by atoms with van der Waals surface area (Å²) in [7, 11) is 0. The van der Waals surface area contributed by atoms with E-state index >= 15 is 0 Å². The molecule has 0 saturated heterocycles. The van der Waals surface area contributed by atoms with E-state index in [0.29, 0.717) is 16.3 Å². The molecule has 0 amide bonds. The van der Waals surface area contributed by atoms with Crippen molar-refractivity contribution in [2.75, 3.05) is 0 Å². The van der Waals surface area contributed by atoms with Crippen molar-refractivity contribution in [3.63, 3.8) is 0 Å². The minimum atomic E-state index is 0.295. The van der Waals surface area contributed by atoms with Crippen LogP contribution in [0.1, 0.15) is 22.3 Å². The maximum atomic E-state index is 9.77. The van der Waals surface area contributed by atoms with Crippen molar-refractivity contribution in [2.24, 2.45) is 0 Å². The molecule has 0 atom stereocenters. The number of hydrogen-bond donors (Lipinski definition) is 1. The van der Waals surface area contributed by atoms with Crippen LogP contribution in [0.15, 0.2) is 36.4 Å². The van der Waals surface area contributed by atoms with Gasteiger partial charge in [0.05, 0.1) is 11.6 Å². The van der Waals surface area contributed by atoms with Gasteiger partial charge in [-0.3, -0.25) is 0 Å². The molecule has 20 heavy (non-hydrogen) atoms. The minimum absolute atomic E-state index is 0.295. The quantitative estimate of drug-likeness (QED) is 0.640. The Labute approximate surface area is 123 Å². The highest BCUT2D eigenvalue weighted by Crippen LogP contribution is 2.26. The molecular weight excluding hydrogens is 270 g/mol. The topological polar surface area (TPSA) is 44.0 Å². The number of nitriles is 1. The molecular formula is C17H14ClNO. The largest absolute Gasteiger partial charge is 0.507 e. The number of allylic oxidation sites excluding steroid dienone is 1. The lowest BCUT2D eigenvalue weighted by Gasteiger charge is -2.06. The molecule has 0 spiro atoms. The maximum absolute atomic E-state index is 9.77. The van der Waals surface area contributed by atoms with E-state index in [1.54, 1.807) is 18.2 Å². The summed E-state index contributed by atoms with van der Waals surface area (Å²) in [5.41, 5.74) is 3.79. The monoisotopic (exact) mass is 283 g/mol. The predicted molar refractivity (Wildman–Crippen MR) is 82.5 cm³/mol. The van der Waals surface area contributed by atoms with E-state index in [1.807, 2.05) is 38.1 Å². The second-order valence-electron chi connectivity index (χ2n) is 4.68. The third-order valence-electron chi connectivity index (χ3n) is 3.08. The molecule has 0 unspecified atom stereocenters. The molecule has 100 valence electrons. The summed E-state index contributed by atoms with van der Waals surface area (Å²) < 4.78 is 0. The van der Waals surface area contributed by atoms with Gasteiger partial charge in [-0.1, -0.05) is 23.7 Å². The normalized spacial score (nSPS) is 11.2. The zero-order valence-electron chi connectivity index (χ0n) is 11.3. The first-order valence-corrected chi connectivity index (χ1v) is 6.57. The number of aromatic hydroxyl groups is 1. The van der Waals surface area contributed by atoms with Crippen molar-refractivity contribution < 1.29 is 5.11 Å². The van der Waals surface area contributed by atoms with Crippen LogP contribution in [0, 0.1) is 25.2 Å². The SMILES string of the molecule is Cc1cc(C=C(C#N)c2cccc(Cl)c2)cc(C)c1O. The average Bonchev–Trinajstić information content (AvgIpc) is 2.42. The van der Waals surface area contributed by atoms with Crippen molar-refractivity contribution in [2.45, 2.75) is 13.8 Å². The Bertz CT molecular complexity index is 703. The molecule has 2 nitrogen and oxygen atoms in total. The molecule has 0 bridgehead atoms. The molecule has 3 heteroatoms. The first-order chi connectivity index (χ1) is 9.51. The van der Waals surface area contributed by atoms with Crippen LogP contribution < -0.4 is 0 Å². The number of hydrogen-bond acceptors (Lipinski definition) is 2. The fourth-order valence-electron chi connectivity index (χ4n) is 2.08. The molecule has 0 saturated carbocycles. The number of aryl methyl sites for hydroxylation is 2. The lowest BCUT2D eigenvalue weighted by atomic mass is 10.0. The summed E-state index contributed by atoms with van der Waals surface area (Å²) in [6, 6.07) is 13.1. The van der Waals surface area contributed by atoms with E-state index in [2.05, 4.69) is 6.07 Å². The fourth-order valence-corrected chi connectivity index (χ4v) is 2.27. The fraction of sp³-hybridized carbons (Fsp3) is 0.118. The molecule has 1 N–H and O–H groups in total. The number of rotatable bonds is 2. The number of halogens is 1. The molecule has 0 radical (unpaired) electrons. The van der Waals surface area contributed by atoms with Gasteiger partial charge in [0, 0.05) is 5.02 Å². The van der Waals surface area contributed by atoms with Crippen LogP contribution in [-0.4, -0.2) is 5.11 Å². The van der Waals surface area contributed by atoms with Crippen molar-refractivity contribution in [1.29, 1.82) is 5.26 Å². The Morgan fingerprint density at radius 2 is 1.85 bits per heavy atom. The summed E-state index contributed by atoms with van der Waals surface area (Å²) in [4.78, 5) is 0. The molecule has 0 fully saturated rings. The van der Waals surface area contributed by atoms with E-state index in [0.717, 1.165) is 22.3 Å². The Balaban J connectivity index is 2.50. The summed E-state index contributed by atoms with van der Waals surface area (Å²) in [5.74, 6) is 0.295. The van der Waals surface area contributed by atoms with Gasteiger partial charge >= 0.3 is 0 Å². The van der Waals surface area contributed by atoms with Crippen molar-refractivity contribution >= 4 is 23.3 Å². The highest BCUT2D eigenvalue weighted by molar-refractivity contribution is 6.30.